The first-order valence-electron chi connectivity index (χ1n) is 9.33. The van der Waals surface area contributed by atoms with E-state index in [2.05, 4.69) is 4.98 Å². The quantitative estimate of drug-likeness (QED) is 0.356. The number of benzene rings is 1. The summed E-state index contributed by atoms with van der Waals surface area (Å²) in [6.45, 7) is 0. The van der Waals surface area contributed by atoms with Crippen LogP contribution in [0.3, 0.4) is 0 Å². The highest BCUT2D eigenvalue weighted by Crippen LogP contribution is 2.56. The van der Waals surface area contributed by atoms with Crippen molar-refractivity contribution in [3.63, 3.8) is 0 Å². The molecule has 0 saturated carbocycles. The van der Waals surface area contributed by atoms with E-state index in [1.165, 1.54) is 0 Å². The van der Waals surface area contributed by atoms with Crippen molar-refractivity contribution in [2.24, 2.45) is 0 Å². The van der Waals surface area contributed by atoms with Crippen LogP contribution in [0.4, 0.5) is 79.0 Å². The summed E-state index contributed by atoms with van der Waals surface area (Å²) < 4.78 is 240. The van der Waals surface area contributed by atoms with Crippen LogP contribution in [0.15, 0.2) is 24.4 Å². The van der Waals surface area contributed by atoms with Gasteiger partial charge in [-0.05, 0) is 18.2 Å². The Morgan fingerprint density at radius 2 is 0.750 bits per heavy atom. The highest BCUT2D eigenvalue weighted by molar-refractivity contribution is 5.85. The minimum Gasteiger partial charge on any atom is -0.369 e. The molecule has 0 aliphatic rings. The molecule has 4 nitrogen and oxygen atoms in total. The van der Waals surface area contributed by atoms with E-state index in [1.807, 2.05) is 0 Å². The van der Waals surface area contributed by atoms with E-state index < -0.39 is 106 Å². The fraction of sp³-hybridized carbons (Fsp3) is 0.500. The Hall–Kier alpha value is -2.75. The van der Waals surface area contributed by atoms with Crippen molar-refractivity contribution in [1.82, 2.24) is 4.98 Å². The molecule has 0 amide bonds. The van der Waals surface area contributed by atoms with E-state index in [4.69, 9.17) is 0 Å². The Balaban J connectivity index is 3.31. The molecule has 40 heavy (non-hydrogen) atoms. The molecule has 1 aromatic heterocycles. The molecule has 0 spiro atoms. The van der Waals surface area contributed by atoms with Crippen LogP contribution in [0.25, 0.3) is 10.9 Å². The topological polar surface area (TPSA) is 73.6 Å². The van der Waals surface area contributed by atoms with Gasteiger partial charge in [0.2, 0.25) is 0 Å². The number of hydrogen-bond donors (Lipinski definition) is 3. The third kappa shape index (κ3) is 4.65. The van der Waals surface area contributed by atoms with Crippen LogP contribution >= 0.6 is 0 Å². The second-order valence-corrected chi connectivity index (χ2v) is 7.93. The Morgan fingerprint density at radius 3 is 1.07 bits per heavy atom. The van der Waals surface area contributed by atoms with Gasteiger partial charge in [-0.15, -0.1) is 0 Å². The molecule has 3 N–H and O–H groups in total. The number of hydrogen-bond acceptors (Lipinski definition) is 4. The molecule has 2 rings (SSSR count). The lowest BCUT2D eigenvalue weighted by molar-refractivity contribution is -0.378. The van der Waals surface area contributed by atoms with Gasteiger partial charge >= 0.3 is 37.1 Å². The van der Waals surface area contributed by atoms with Crippen molar-refractivity contribution in [2.75, 3.05) is 0 Å². The van der Waals surface area contributed by atoms with Crippen LogP contribution < -0.4 is 0 Å². The number of nitrogens with zero attached hydrogens (tertiary/aromatic N) is 1. The average molecular weight is 627 g/mol. The van der Waals surface area contributed by atoms with Crippen LogP contribution in [0.5, 0.6) is 0 Å². The molecular weight excluding hydrogens is 620 g/mol. The highest BCUT2D eigenvalue weighted by Gasteiger charge is 2.75. The maximum atomic E-state index is 13.5. The van der Waals surface area contributed by atoms with Gasteiger partial charge in [0.05, 0.1) is 5.52 Å². The molecule has 0 bridgehead atoms. The molecule has 0 aliphatic heterocycles. The van der Waals surface area contributed by atoms with E-state index in [1.54, 1.807) is 0 Å². The molecular formula is C18H7F18NO3. The molecule has 0 fully saturated rings. The Morgan fingerprint density at radius 1 is 0.425 bits per heavy atom. The first-order valence-corrected chi connectivity index (χ1v) is 9.33. The lowest BCUT2D eigenvalue weighted by Gasteiger charge is -2.37. The van der Waals surface area contributed by atoms with Gasteiger partial charge in [0.25, 0.3) is 16.8 Å². The van der Waals surface area contributed by atoms with Crippen molar-refractivity contribution in [3.8, 4) is 0 Å². The van der Waals surface area contributed by atoms with Gasteiger partial charge in [-0.25, -0.2) is 0 Å². The minimum atomic E-state index is -7.19. The number of halogens is 18. The molecule has 228 valence electrons. The molecule has 0 unspecified atom stereocenters. The average Bonchev–Trinajstić information content (AvgIpc) is 2.71. The number of aliphatic hydroxyl groups is 3. The fourth-order valence-electron chi connectivity index (χ4n) is 3.38. The van der Waals surface area contributed by atoms with E-state index in [9.17, 15) is 94.3 Å². The van der Waals surface area contributed by atoms with Crippen molar-refractivity contribution < 1.29 is 94.3 Å². The van der Waals surface area contributed by atoms with Gasteiger partial charge in [-0.1, -0.05) is 0 Å². The smallest absolute Gasteiger partial charge is 0.369 e. The lowest BCUT2D eigenvalue weighted by Crippen LogP contribution is -2.56. The Bertz CT molecular complexity index is 1220. The molecule has 0 radical (unpaired) electrons. The molecule has 1 heterocycles. The second-order valence-electron chi connectivity index (χ2n) is 7.93. The lowest BCUT2D eigenvalue weighted by atomic mass is 9.82. The second kappa shape index (κ2) is 8.87. The van der Waals surface area contributed by atoms with Crippen molar-refractivity contribution in [1.29, 1.82) is 0 Å². The predicted octanol–water partition coefficient (Wildman–Crippen LogP) is 6.17. The number of fused-ring (bicyclic) bond motifs is 1. The van der Waals surface area contributed by atoms with Crippen LogP contribution in [-0.4, -0.2) is 57.4 Å². The van der Waals surface area contributed by atoms with Crippen molar-refractivity contribution in [3.05, 3.63) is 41.1 Å². The standard InChI is InChI=1S/C18H7F18NO3/c19-13(20,21)10(38,14(22,23)24)5-2-8(12(40,17(31,32)33)18(34,35)36)7-1-6(4-37-9(7)3-5)11(39,15(25,26)27)16(28,29)30/h1-4,38-40H. The van der Waals surface area contributed by atoms with Crippen LogP contribution in [0.2, 0.25) is 0 Å². The Kier molecular flexibility index (Phi) is 7.42. The summed E-state index contributed by atoms with van der Waals surface area (Å²) in [4.78, 5) is 2.50. The first kappa shape index (κ1) is 33.5. The summed E-state index contributed by atoms with van der Waals surface area (Å²) >= 11 is 0. The fourth-order valence-corrected chi connectivity index (χ4v) is 3.38. The summed E-state index contributed by atoms with van der Waals surface area (Å²) in [5, 5.41) is 26.1. The molecule has 22 heteroatoms. The molecule has 0 atom stereocenters. The van der Waals surface area contributed by atoms with Crippen LogP contribution in [0, 0.1) is 0 Å². The number of rotatable bonds is 3. The molecule has 2 aromatic rings. The summed E-state index contributed by atoms with van der Waals surface area (Å²) in [5.74, 6) is 0. The summed E-state index contributed by atoms with van der Waals surface area (Å²) in [6.07, 6.45) is -42.8. The van der Waals surface area contributed by atoms with Gasteiger partial charge in [-0.2, -0.15) is 79.0 Å². The van der Waals surface area contributed by atoms with Gasteiger partial charge in [-0.3, -0.25) is 4.98 Å². The van der Waals surface area contributed by atoms with E-state index in [-0.39, 0.29) is 0 Å². The maximum absolute atomic E-state index is 13.5. The number of aromatic nitrogens is 1. The zero-order chi connectivity index (χ0) is 31.9. The van der Waals surface area contributed by atoms with Crippen molar-refractivity contribution in [2.45, 2.75) is 53.9 Å². The van der Waals surface area contributed by atoms with Crippen molar-refractivity contribution >= 4 is 10.9 Å². The van der Waals surface area contributed by atoms with Gasteiger partial charge in [0, 0.05) is 28.3 Å². The minimum absolute atomic E-state index is 0.753. The SMILES string of the molecule is OC(c1cc(C(O)(C(F)(F)F)C(F)(F)F)c2cc(C(O)(C(F)(F)F)C(F)(F)F)cnc2c1)(C(F)(F)F)C(F)(F)F. The predicted molar refractivity (Wildman–Crippen MR) is 89.8 cm³/mol. The third-order valence-corrected chi connectivity index (χ3v) is 5.49. The van der Waals surface area contributed by atoms with Crippen LogP contribution in [0.1, 0.15) is 16.7 Å². The van der Waals surface area contributed by atoms with E-state index >= 15 is 0 Å². The third-order valence-electron chi connectivity index (χ3n) is 5.49. The van der Waals surface area contributed by atoms with Gasteiger partial charge in [0.15, 0.2) is 0 Å². The monoisotopic (exact) mass is 627 g/mol. The largest absolute Gasteiger partial charge is 0.430 e. The molecule has 1 aromatic carbocycles. The number of alkyl halides is 18. The summed E-state index contributed by atoms with van der Waals surface area (Å²) in [6, 6.07) is -3.14. The zero-order valence-electron chi connectivity index (χ0n) is 17.9. The maximum Gasteiger partial charge on any atom is 0.430 e. The Labute approximate surface area is 206 Å². The normalized spacial score (nSPS) is 15.6. The highest BCUT2D eigenvalue weighted by atomic mass is 19.4. The summed E-state index contributed by atoms with van der Waals surface area (Å²) in [7, 11) is 0. The summed E-state index contributed by atoms with van der Waals surface area (Å²) in [5.41, 5.74) is -30.0. The van der Waals surface area contributed by atoms with E-state index in [0.29, 0.717) is 0 Å². The van der Waals surface area contributed by atoms with Gasteiger partial charge < -0.3 is 15.3 Å². The first-order chi connectivity index (χ1) is 17.3. The molecule has 0 aliphatic carbocycles. The van der Waals surface area contributed by atoms with Crippen LogP contribution in [-0.2, 0) is 16.8 Å². The molecule has 0 saturated heterocycles. The number of pyridine rings is 1. The van der Waals surface area contributed by atoms with E-state index in [0.717, 1.165) is 0 Å². The zero-order valence-corrected chi connectivity index (χ0v) is 17.9. The van der Waals surface area contributed by atoms with Gasteiger partial charge in [0.1, 0.15) is 0 Å².